The van der Waals surface area contributed by atoms with Crippen LogP contribution in [-0.2, 0) is 15.6 Å². The molecular formula is C15H15N3O5S. The summed E-state index contributed by atoms with van der Waals surface area (Å²) in [4.78, 5) is 4.07. The van der Waals surface area contributed by atoms with Crippen LogP contribution in [0, 0.1) is 6.92 Å². The lowest BCUT2D eigenvalue weighted by molar-refractivity contribution is 0.392. The molecule has 0 atom stereocenters. The lowest BCUT2D eigenvalue weighted by Gasteiger charge is -2.11. The van der Waals surface area contributed by atoms with Crippen LogP contribution >= 0.6 is 0 Å². The first-order chi connectivity index (χ1) is 11.5. The largest absolute Gasteiger partial charge is 0.495 e. The van der Waals surface area contributed by atoms with Gasteiger partial charge in [0.2, 0.25) is 0 Å². The second-order valence-corrected chi connectivity index (χ2v) is 7.00. The normalized spacial score (nSPS) is 11.4. The molecule has 126 valence electrons. The molecule has 0 unspecified atom stereocenters. The van der Waals surface area contributed by atoms with Gasteiger partial charge in [0.05, 0.1) is 29.6 Å². The molecule has 0 bridgehead atoms. The van der Waals surface area contributed by atoms with Crippen molar-refractivity contribution in [1.29, 1.82) is 0 Å². The average Bonchev–Trinajstić information content (AvgIpc) is 3.19. The molecule has 1 aromatic carbocycles. The van der Waals surface area contributed by atoms with Crippen LogP contribution in [0.3, 0.4) is 0 Å². The van der Waals surface area contributed by atoms with Crippen LogP contribution in [0.2, 0.25) is 0 Å². The molecular weight excluding hydrogens is 334 g/mol. The molecule has 9 heteroatoms. The van der Waals surface area contributed by atoms with Crippen molar-refractivity contribution >= 4 is 21.5 Å². The number of hydrogen-bond acceptors (Lipinski definition) is 8. The highest BCUT2D eigenvalue weighted by atomic mass is 32.2. The summed E-state index contributed by atoms with van der Waals surface area (Å²) in [6.45, 7) is 1.70. The fourth-order valence-corrected chi connectivity index (χ4v) is 3.41. The molecule has 0 saturated heterocycles. The van der Waals surface area contributed by atoms with E-state index in [1.54, 1.807) is 19.1 Å². The molecule has 2 aromatic heterocycles. The number of benzene rings is 1. The van der Waals surface area contributed by atoms with Crippen LogP contribution in [0.25, 0.3) is 0 Å². The maximum absolute atomic E-state index is 12.6. The summed E-state index contributed by atoms with van der Waals surface area (Å²) in [5.74, 6) is 0.764. The van der Waals surface area contributed by atoms with Crippen molar-refractivity contribution in [1.82, 2.24) is 10.1 Å². The summed E-state index contributed by atoms with van der Waals surface area (Å²) in [6.07, 6.45) is 2.88. The van der Waals surface area contributed by atoms with Gasteiger partial charge in [-0.3, -0.25) is 0 Å². The Morgan fingerprint density at radius 3 is 2.75 bits per heavy atom. The van der Waals surface area contributed by atoms with Gasteiger partial charge in [0.25, 0.3) is 6.01 Å². The molecule has 0 spiro atoms. The van der Waals surface area contributed by atoms with E-state index in [2.05, 4.69) is 15.5 Å². The summed E-state index contributed by atoms with van der Waals surface area (Å²) in [5.41, 5.74) is 0.780. The third-order valence-corrected chi connectivity index (χ3v) is 4.87. The summed E-state index contributed by atoms with van der Waals surface area (Å²) in [5, 5.41) is 6.61. The van der Waals surface area contributed by atoms with Crippen molar-refractivity contribution in [2.45, 2.75) is 17.6 Å². The van der Waals surface area contributed by atoms with Crippen LogP contribution in [-0.4, -0.2) is 25.7 Å². The number of oxazole rings is 1. The molecule has 0 saturated carbocycles. The first kappa shape index (κ1) is 16.1. The minimum atomic E-state index is -3.60. The number of nitrogens with one attached hydrogen (secondary N) is 1. The smallest absolute Gasteiger partial charge is 0.299 e. The van der Waals surface area contributed by atoms with E-state index in [4.69, 9.17) is 13.7 Å². The highest BCUT2D eigenvalue weighted by Gasteiger charge is 2.20. The highest BCUT2D eigenvalue weighted by Crippen LogP contribution is 2.31. The second-order valence-electron chi connectivity index (χ2n) is 5.01. The van der Waals surface area contributed by atoms with Crippen LogP contribution in [0.1, 0.15) is 11.5 Å². The Bertz CT molecular complexity index is 932. The van der Waals surface area contributed by atoms with E-state index in [1.807, 2.05) is 0 Å². The molecule has 3 rings (SSSR count). The number of anilines is 2. The average molecular weight is 349 g/mol. The van der Waals surface area contributed by atoms with E-state index < -0.39 is 9.84 Å². The Hall–Kier alpha value is -2.81. The van der Waals surface area contributed by atoms with Crippen molar-refractivity contribution in [3.63, 3.8) is 0 Å². The first-order valence-corrected chi connectivity index (χ1v) is 8.62. The standard InChI is InChI=1S/C15H15N3O5S/c1-10-7-11(18-23-10)9-24(19,20)12-3-4-14(21-2)13(8-12)17-15-16-5-6-22-15/h3-8H,9H2,1-2H3,(H,16,17). The molecule has 0 radical (unpaired) electrons. The van der Waals surface area contributed by atoms with Gasteiger partial charge >= 0.3 is 0 Å². The van der Waals surface area contributed by atoms with E-state index in [0.717, 1.165) is 0 Å². The Morgan fingerprint density at radius 2 is 2.12 bits per heavy atom. The van der Waals surface area contributed by atoms with Gasteiger partial charge in [0.1, 0.15) is 23.5 Å². The van der Waals surface area contributed by atoms with E-state index in [-0.39, 0.29) is 16.7 Å². The molecule has 3 aromatic rings. The number of ether oxygens (including phenoxy) is 1. The van der Waals surface area contributed by atoms with Crippen molar-refractivity contribution in [3.05, 3.63) is 48.2 Å². The minimum Gasteiger partial charge on any atom is -0.495 e. The fraction of sp³-hybridized carbons (Fsp3) is 0.200. The predicted octanol–water partition coefficient (Wildman–Crippen LogP) is 2.70. The summed E-state index contributed by atoms with van der Waals surface area (Å²) < 4.78 is 40.4. The zero-order chi connectivity index (χ0) is 17.2. The molecule has 0 amide bonds. The summed E-state index contributed by atoms with van der Waals surface area (Å²) in [7, 11) is -2.11. The molecule has 8 nitrogen and oxygen atoms in total. The third kappa shape index (κ3) is 3.40. The van der Waals surface area contributed by atoms with Gasteiger partial charge in [0, 0.05) is 6.07 Å². The third-order valence-electron chi connectivity index (χ3n) is 3.22. The molecule has 0 aliphatic heterocycles. The quantitative estimate of drug-likeness (QED) is 0.724. The number of aryl methyl sites for hydroxylation is 1. The van der Waals surface area contributed by atoms with E-state index in [1.165, 1.54) is 31.7 Å². The molecule has 24 heavy (non-hydrogen) atoms. The number of aromatic nitrogens is 2. The van der Waals surface area contributed by atoms with Crippen LogP contribution in [0.4, 0.5) is 11.7 Å². The van der Waals surface area contributed by atoms with Crippen molar-refractivity contribution < 1.29 is 22.1 Å². The maximum Gasteiger partial charge on any atom is 0.299 e. The molecule has 2 heterocycles. The zero-order valence-electron chi connectivity index (χ0n) is 13.0. The Morgan fingerprint density at radius 1 is 1.29 bits per heavy atom. The van der Waals surface area contributed by atoms with E-state index >= 15 is 0 Å². The van der Waals surface area contributed by atoms with Gasteiger partial charge in [0.15, 0.2) is 9.84 Å². The van der Waals surface area contributed by atoms with Gasteiger partial charge in [-0.15, -0.1) is 0 Å². The van der Waals surface area contributed by atoms with Gasteiger partial charge < -0.3 is 19.0 Å². The number of sulfone groups is 1. The second kappa shape index (κ2) is 6.36. The SMILES string of the molecule is COc1ccc(S(=O)(=O)Cc2cc(C)on2)cc1Nc1ncco1. The highest BCUT2D eigenvalue weighted by molar-refractivity contribution is 7.90. The van der Waals surface area contributed by atoms with Crippen molar-refractivity contribution in [3.8, 4) is 5.75 Å². The monoisotopic (exact) mass is 349 g/mol. The number of nitrogens with zero attached hydrogens (tertiary/aromatic N) is 2. The van der Waals surface area contributed by atoms with E-state index in [0.29, 0.717) is 22.9 Å². The number of methoxy groups -OCH3 is 1. The first-order valence-electron chi connectivity index (χ1n) is 6.97. The van der Waals surface area contributed by atoms with Gasteiger partial charge in [-0.2, -0.15) is 0 Å². The number of hydrogen-bond donors (Lipinski definition) is 1. The summed E-state index contributed by atoms with van der Waals surface area (Å²) >= 11 is 0. The van der Waals surface area contributed by atoms with Crippen LogP contribution in [0.15, 0.2) is 50.6 Å². The molecule has 0 aliphatic rings. The fourth-order valence-electron chi connectivity index (χ4n) is 2.14. The van der Waals surface area contributed by atoms with Gasteiger partial charge in [-0.1, -0.05) is 5.16 Å². The Labute approximate surface area is 138 Å². The molecule has 0 fully saturated rings. The lowest BCUT2D eigenvalue weighted by atomic mass is 10.3. The Balaban J connectivity index is 1.92. The number of rotatable bonds is 6. The van der Waals surface area contributed by atoms with Gasteiger partial charge in [-0.05, 0) is 25.1 Å². The van der Waals surface area contributed by atoms with Gasteiger partial charge in [-0.25, -0.2) is 13.4 Å². The summed E-state index contributed by atoms with van der Waals surface area (Å²) in [6, 6.07) is 6.32. The van der Waals surface area contributed by atoms with Crippen molar-refractivity contribution in [2.75, 3.05) is 12.4 Å². The van der Waals surface area contributed by atoms with E-state index in [9.17, 15) is 8.42 Å². The molecule has 0 aliphatic carbocycles. The van der Waals surface area contributed by atoms with Crippen LogP contribution < -0.4 is 10.1 Å². The maximum atomic E-state index is 12.6. The topological polar surface area (TPSA) is 107 Å². The zero-order valence-corrected chi connectivity index (χ0v) is 13.8. The molecule has 1 N–H and O–H groups in total. The minimum absolute atomic E-state index is 0.123. The van der Waals surface area contributed by atoms with Crippen LogP contribution in [0.5, 0.6) is 5.75 Å². The predicted molar refractivity (Wildman–Crippen MR) is 84.9 cm³/mol. The van der Waals surface area contributed by atoms with Crippen molar-refractivity contribution in [2.24, 2.45) is 0 Å². The Kier molecular flexibility index (Phi) is 4.26. The lowest BCUT2D eigenvalue weighted by Crippen LogP contribution is -2.06.